The van der Waals surface area contributed by atoms with Crippen molar-refractivity contribution in [2.24, 2.45) is 0 Å². The molecule has 3 N–H and O–H groups in total. The summed E-state index contributed by atoms with van der Waals surface area (Å²) in [4.78, 5) is 31.6. The summed E-state index contributed by atoms with van der Waals surface area (Å²) in [6, 6.07) is 13.1. The largest absolute Gasteiger partial charge is 0.465 e. The summed E-state index contributed by atoms with van der Waals surface area (Å²) in [5.74, 6) is 1.72. The maximum Gasteiger partial charge on any atom is 0.339 e. The van der Waals surface area contributed by atoms with Crippen LogP contribution in [-0.4, -0.2) is 57.3 Å². The molecule has 1 aromatic carbocycles. The molecule has 0 aliphatic carbocycles. The summed E-state index contributed by atoms with van der Waals surface area (Å²) in [5, 5.41) is 13.0. The van der Waals surface area contributed by atoms with Crippen LogP contribution in [0.15, 0.2) is 54.9 Å². The minimum Gasteiger partial charge on any atom is -0.465 e. The third-order valence-electron chi connectivity index (χ3n) is 6.00. The Kier molecular flexibility index (Phi) is 6.09. The monoisotopic (exact) mass is 458 g/mol. The van der Waals surface area contributed by atoms with E-state index in [2.05, 4.69) is 25.2 Å². The molecule has 9 nitrogen and oxygen atoms in total. The average molecular weight is 459 g/mol. The number of carbonyl (C=O) groups is 1. The van der Waals surface area contributed by atoms with Crippen molar-refractivity contribution in [3.63, 3.8) is 0 Å². The van der Waals surface area contributed by atoms with Crippen LogP contribution >= 0.6 is 0 Å². The van der Waals surface area contributed by atoms with E-state index in [1.54, 1.807) is 12.1 Å². The topological polar surface area (TPSA) is 116 Å². The molecule has 0 bridgehead atoms. The fourth-order valence-corrected chi connectivity index (χ4v) is 4.16. The number of nitrogens with zero attached hydrogens (tertiary/aromatic N) is 4. The number of aliphatic hydroxyl groups excluding tert-OH is 1. The summed E-state index contributed by atoms with van der Waals surface area (Å²) in [6.45, 7) is 1.62. The van der Waals surface area contributed by atoms with Crippen LogP contribution in [-0.2, 0) is 11.2 Å². The van der Waals surface area contributed by atoms with E-state index < -0.39 is 5.97 Å². The predicted molar refractivity (Wildman–Crippen MR) is 129 cm³/mol. The first kappa shape index (κ1) is 21.8. The lowest BCUT2D eigenvalue weighted by Gasteiger charge is -2.30. The Labute approximate surface area is 196 Å². The fraction of sp³-hybridized carbons (Fsp3) is 0.280. The molecule has 0 spiro atoms. The highest BCUT2D eigenvalue weighted by molar-refractivity contribution is 5.98. The Morgan fingerprint density at radius 3 is 2.76 bits per heavy atom. The molecule has 4 heterocycles. The first-order chi connectivity index (χ1) is 16.6. The number of esters is 1. The van der Waals surface area contributed by atoms with Gasteiger partial charge in [-0.15, -0.1) is 0 Å². The van der Waals surface area contributed by atoms with Gasteiger partial charge >= 0.3 is 5.97 Å². The number of benzene rings is 1. The van der Waals surface area contributed by atoms with Gasteiger partial charge in [0.25, 0.3) is 0 Å². The quantitative estimate of drug-likeness (QED) is 0.376. The second-order valence-corrected chi connectivity index (χ2v) is 8.31. The molecule has 0 unspecified atom stereocenters. The van der Waals surface area contributed by atoms with Crippen LogP contribution in [0, 0.1) is 0 Å². The Balaban J connectivity index is 1.39. The maximum atomic E-state index is 12.2. The van der Waals surface area contributed by atoms with Crippen LogP contribution < -0.4 is 10.2 Å². The number of anilines is 3. The molecule has 3 aromatic heterocycles. The molecule has 34 heavy (non-hydrogen) atoms. The zero-order chi connectivity index (χ0) is 23.5. The summed E-state index contributed by atoms with van der Waals surface area (Å²) < 4.78 is 4.91. The van der Waals surface area contributed by atoms with Crippen molar-refractivity contribution < 1.29 is 14.6 Å². The third-order valence-corrected chi connectivity index (χ3v) is 6.00. The summed E-state index contributed by atoms with van der Waals surface area (Å²) >= 11 is 0. The summed E-state index contributed by atoms with van der Waals surface area (Å²) in [7, 11) is 1.36. The van der Waals surface area contributed by atoms with Crippen molar-refractivity contribution >= 4 is 34.3 Å². The number of para-hydroxylation sites is 1. The minimum atomic E-state index is -0.422. The van der Waals surface area contributed by atoms with Gasteiger partial charge in [-0.25, -0.2) is 19.7 Å². The lowest BCUT2D eigenvalue weighted by molar-refractivity contribution is 0.0602. The van der Waals surface area contributed by atoms with Crippen molar-refractivity contribution in [1.29, 1.82) is 0 Å². The smallest absolute Gasteiger partial charge is 0.339 e. The molecular weight excluding hydrogens is 432 g/mol. The van der Waals surface area contributed by atoms with E-state index in [9.17, 15) is 9.90 Å². The van der Waals surface area contributed by atoms with E-state index in [4.69, 9.17) is 9.72 Å². The highest BCUT2D eigenvalue weighted by atomic mass is 16.5. The van der Waals surface area contributed by atoms with E-state index in [1.807, 2.05) is 42.7 Å². The van der Waals surface area contributed by atoms with E-state index in [1.165, 1.54) is 7.11 Å². The van der Waals surface area contributed by atoms with Crippen molar-refractivity contribution in [3.05, 3.63) is 71.8 Å². The Morgan fingerprint density at radius 2 is 2.00 bits per heavy atom. The number of methoxy groups -OCH3 is 1. The average Bonchev–Trinajstić information content (AvgIpc) is 3.34. The van der Waals surface area contributed by atoms with Crippen molar-refractivity contribution in [2.75, 3.05) is 30.4 Å². The van der Waals surface area contributed by atoms with E-state index in [0.29, 0.717) is 29.3 Å². The van der Waals surface area contributed by atoms with Gasteiger partial charge in [0.2, 0.25) is 0 Å². The molecule has 1 aliphatic heterocycles. The first-order valence-electron chi connectivity index (χ1n) is 11.3. The highest BCUT2D eigenvalue weighted by Crippen LogP contribution is 2.26. The molecule has 174 valence electrons. The van der Waals surface area contributed by atoms with Gasteiger partial charge in [0, 0.05) is 31.9 Å². The lowest BCUT2D eigenvalue weighted by Crippen LogP contribution is -2.36. The van der Waals surface area contributed by atoms with Crippen molar-refractivity contribution in [2.45, 2.75) is 25.4 Å². The van der Waals surface area contributed by atoms with Gasteiger partial charge in [-0.05, 0) is 42.7 Å². The number of nitrogens with one attached hydrogen (secondary N) is 2. The lowest BCUT2D eigenvalue weighted by atomic mass is 10.1. The second-order valence-electron chi connectivity index (χ2n) is 8.31. The number of rotatable bonds is 6. The predicted octanol–water partition coefficient (Wildman–Crippen LogP) is 3.44. The number of hydrogen-bond acceptors (Lipinski definition) is 8. The number of fused-ring (bicyclic) bond motifs is 1. The van der Waals surface area contributed by atoms with Crippen LogP contribution in [0.3, 0.4) is 0 Å². The number of aromatic amines is 1. The maximum absolute atomic E-state index is 12.2. The molecule has 4 aromatic rings. The number of hydrogen-bond donors (Lipinski definition) is 3. The Bertz CT molecular complexity index is 1300. The van der Waals surface area contributed by atoms with Gasteiger partial charge in [0.05, 0.1) is 30.0 Å². The minimum absolute atomic E-state index is 0.210. The molecule has 9 heteroatoms. The summed E-state index contributed by atoms with van der Waals surface area (Å²) in [6.07, 6.45) is 5.50. The van der Waals surface area contributed by atoms with Gasteiger partial charge in [-0.1, -0.05) is 18.2 Å². The molecular formula is C25H26N6O3. The van der Waals surface area contributed by atoms with Crippen molar-refractivity contribution in [1.82, 2.24) is 19.9 Å². The number of ether oxygens (including phenoxy) is 1. The fourth-order valence-electron chi connectivity index (χ4n) is 4.16. The van der Waals surface area contributed by atoms with Gasteiger partial charge in [0.15, 0.2) is 5.82 Å². The van der Waals surface area contributed by atoms with Crippen LogP contribution in [0.1, 0.15) is 34.6 Å². The molecule has 1 fully saturated rings. The van der Waals surface area contributed by atoms with E-state index in [0.717, 1.165) is 48.3 Å². The molecule has 1 saturated heterocycles. The van der Waals surface area contributed by atoms with Gasteiger partial charge in [-0.2, -0.15) is 0 Å². The third kappa shape index (κ3) is 4.55. The van der Waals surface area contributed by atoms with Crippen LogP contribution in [0.5, 0.6) is 0 Å². The van der Waals surface area contributed by atoms with E-state index >= 15 is 0 Å². The highest BCUT2D eigenvalue weighted by Gasteiger charge is 2.18. The SMILES string of the molecule is COC(=O)c1ccccc1Nc1nc(Cc2ccc(N3CCC(O)CC3)nc2)nc2cc[nH]c12. The van der Waals surface area contributed by atoms with E-state index in [-0.39, 0.29) is 6.10 Å². The molecule has 0 atom stereocenters. The number of piperidine rings is 1. The Hall–Kier alpha value is -3.98. The van der Waals surface area contributed by atoms with Gasteiger partial charge < -0.3 is 25.0 Å². The van der Waals surface area contributed by atoms with Gasteiger partial charge in [0.1, 0.15) is 17.2 Å². The van der Waals surface area contributed by atoms with Crippen LogP contribution in [0.2, 0.25) is 0 Å². The number of aliphatic hydroxyl groups is 1. The molecule has 0 saturated carbocycles. The number of aromatic nitrogens is 4. The standard InChI is InChI=1S/C25H26N6O3/c1-34-25(33)18-4-2-3-5-19(18)29-24-23-20(8-11-26-23)28-21(30-24)14-16-6-7-22(27-15-16)31-12-9-17(32)10-13-31/h2-8,11,15,17,26,32H,9-10,12-14H2,1H3,(H,28,29,30). The van der Waals surface area contributed by atoms with Gasteiger partial charge in [-0.3, -0.25) is 0 Å². The normalized spacial score (nSPS) is 14.4. The number of carbonyl (C=O) groups excluding carboxylic acids is 1. The van der Waals surface area contributed by atoms with Crippen molar-refractivity contribution in [3.8, 4) is 0 Å². The molecule has 5 rings (SSSR count). The summed E-state index contributed by atoms with van der Waals surface area (Å²) in [5.41, 5.74) is 3.56. The molecule has 0 amide bonds. The molecule has 1 aliphatic rings. The number of pyridine rings is 1. The second kappa shape index (κ2) is 9.48. The first-order valence-corrected chi connectivity index (χ1v) is 11.3. The van der Waals surface area contributed by atoms with Crippen LogP contribution in [0.25, 0.3) is 11.0 Å². The Morgan fingerprint density at radius 1 is 1.18 bits per heavy atom. The molecule has 0 radical (unpaired) electrons. The van der Waals surface area contributed by atoms with Crippen LogP contribution in [0.4, 0.5) is 17.3 Å². The zero-order valence-electron chi connectivity index (χ0n) is 18.9. The zero-order valence-corrected chi connectivity index (χ0v) is 18.9. The number of H-pyrrole nitrogens is 1.